The molecule has 0 N–H and O–H groups in total. The molecule has 0 radical (unpaired) electrons. The number of allylic oxidation sites excluding steroid dienone is 30. The van der Waals surface area contributed by atoms with E-state index in [1.54, 1.807) is 0 Å². The first kappa shape index (κ1) is 68.5. The van der Waals surface area contributed by atoms with Crippen molar-refractivity contribution in [2.45, 2.75) is 213 Å². The molecule has 0 rings (SSSR count). The van der Waals surface area contributed by atoms with Crippen molar-refractivity contribution in [2.24, 2.45) is 0 Å². The van der Waals surface area contributed by atoms with Gasteiger partial charge in [0.2, 0.25) is 0 Å². The largest absolute Gasteiger partial charge is 0.462 e. The summed E-state index contributed by atoms with van der Waals surface area (Å²) in [7, 11) is 0. The quantitative estimate of drug-likeness (QED) is 0.0261. The van der Waals surface area contributed by atoms with Crippen LogP contribution >= 0.6 is 0 Å². The molecule has 410 valence electrons. The van der Waals surface area contributed by atoms with Gasteiger partial charge in [0, 0.05) is 19.3 Å². The van der Waals surface area contributed by atoms with Gasteiger partial charge >= 0.3 is 17.9 Å². The van der Waals surface area contributed by atoms with Gasteiger partial charge in [-0.05, 0) is 141 Å². The second-order valence-corrected chi connectivity index (χ2v) is 18.1. The van der Waals surface area contributed by atoms with Crippen molar-refractivity contribution in [1.82, 2.24) is 0 Å². The number of hydrogen-bond donors (Lipinski definition) is 0. The minimum atomic E-state index is -0.850. The standard InChI is InChI=1S/C68H102O6/c1-4-7-10-13-16-19-22-24-26-28-30-31-32-33-34-35-36-37-39-40-42-44-46-49-52-55-58-61-67(70)73-64-65(63-72-66(69)60-57-54-51-48-21-18-15-12-9-6-3)74-68(71)62-59-56-53-50-47-45-43-41-38-29-27-25-23-20-17-14-11-8-5-2/h7-8,10-12,15-17,19-20,24-27,30-31,33-34,36-38,40-42,45-47,49,53,56,65H,4-6,9,13-14,18,21-23,28-29,32,35,39,43-44,48,50-52,54-55,57-64H2,1-3H3/b10-7-,11-8-,15-12-,19-16-,20-17-,26-24-,27-25-,31-30-,34-33-,37-36-,41-38-,42-40-,47-45-,49-46-,56-53-. The molecule has 0 fully saturated rings. The molecular weight excluding hydrogens is 913 g/mol. The van der Waals surface area contributed by atoms with E-state index in [1.165, 1.54) is 12.8 Å². The fourth-order valence-corrected chi connectivity index (χ4v) is 6.90. The van der Waals surface area contributed by atoms with Gasteiger partial charge in [-0.1, -0.05) is 229 Å². The van der Waals surface area contributed by atoms with E-state index in [9.17, 15) is 14.4 Å². The predicted octanol–water partition coefficient (Wildman–Crippen LogP) is 19.7. The van der Waals surface area contributed by atoms with Gasteiger partial charge < -0.3 is 14.2 Å². The van der Waals surface area contributed by atoms with Crippen molar-refractivity contribution in [3.63, 3.8) is 0 Å². The zero-order chi connectivity index (χ0) is 53.6. The second kappa shape index (κ2) is 60.1. The Hall–Kier alpha value is -5.49. The molecule has 6 heteroatoms. The average Bonchev–Trinajstić information content (AvgIpc) is 3.40. The number of carbonyl (C=O) groups is 3. The smallest absolute Gasteiger partial charge is 0.306 e. The zero-order valence-electron chi connectivity index (χ0n) is 46.8. The lowest BCUT2D eigenvalue weighted by molar-refractivity contribution is -0.166. The van der Waals surface area contributed by atoms with Crippen LogP contribution in [0.15, 0.2) is 182 Å². The van der Waals surface area contributed by atoms with Gasteiger partial charge in [-0.25, -0.2) is 0 Å². The number of unbranched alkanes of at least 4 members (excludes halogenated alkanes) is 8. The van der Waals surface area contributed by atoms with E-state index in [-0.39, 0.29) is 38.0 Å². The summed E-state index contributed by atoms with van der Waals surface area (Å²) in [5, 5.41) is 0. The normalized spacial score (nSPS) is 13.5. The number of hydrogen-bond acceptors (Lipinski definition) is 6. The number of rotatable bonds is 49. The van der Waals surface area contributed by atoms with Gasteiger partial charge in [0.1, 0.15) is 13.2 Å². The summed E-state index contributed by atoms with van der Waals surface area (Å²) in [6.45, 7) is 6.21. The second-order valence-electron chi connectivity index (χ2n) is 18.1. The highest BCUT2D eigenvalue weighted by molar-refractivity contribution is 5.71. The third kappa shape index (κ3) is 57.4. The lowest BCUT2D eigenvalue weighted by Gasteiger charge is -2.18. The maximum Gasteiger partial charge on any atom is 0.306 e. The molecule has 0 aliphatic rings. The van der Waals surface area contributed by atoms with Gasteiger partial charge in [-0.3, -0.25) is 14.4 Å². The summed E-state index contributed by atoms with van der Waals surface area (Å²) < 4.78 is 16.7. The molecule has 0 saturated heterocycles. The topological polar surface area (TPSA) is 78.9 Å². The molecule has 6 nitrogen and oxygen atoms in total. The van der Waals surface area contributed by atoms with Crippen LogP contribution in [0, 0.1) is 0 Å². The molecule has 0 aromatic carbocycles. The van der Waals surface area contributed by atoms with Gasteiger partial charge in [0.25, 0.3) is 0 Å². The number of ether oxygens (including phenoxy) is 3. The Bertz CT molecular complexity index is 1780. The summed E-state index contributed by atoms with van der Waals surface area (Å²) in [6, 6.07) is 0. The first-order valence-corrected chi connectivity index (χ1v) is 28.8. The predicted molar refractivity (Wildman–Crippen MR) is 320 cm³/mol. The molecule has 0 aromatic heterocycles. The van der Waals surface area contributed by atoms with Gasteiger partial charge in [-0.2, -0.15) is 0 Å². The molecule has 0 amide bonds. The minimum Gasteiger partial charge on any atom is -0.462 e. The Morgan fingerprint density at radius 1 is 0.284 bits per heavy atom. The van der Waals surface area contributed by atoms with E-state index >= 15 is 0 Å². The zero-order valence-corrected chi connectivity index (χ0v) is 46.8. The first-order valence-electron chi connectivity index (χ1n) is 28.8. The average molecular weight is 1020 g/mol. The Kier molecular flexibility index (Phi) is 55.6. The van der Waals surface area contributed by atoms with E-state index in [0.29, 0.717) is 19.3 Å². The van der Waals surface area contributed by atoms with Crippen LogP contribution in [0.1, 0.15) is 207 Å². The number of esters is 3. The van der Waals surface area contributed by atoms with E-state index in [0.717, 1.165) is 141 Å². The van der Waals surface area contributed by atoms with Crippen molar-refractivity contribution in [3.8, 4) is 0 Å². The van der Waals surface area contributed by atoms with Crippen molar-refractivity contribution in [3.05, 3.63) is 182 Å². The summed E-state index contributed by atoms with van der Waals surface area (Å²) in [5.74, 6) is -1.09. The van der Waals surface area contributed by atoms with Gasteiger partial charge in [0.05, 0.1) is 0 Å². The van der Waals surface area contributed by atoms with Crippen LogP contribution in [0.4, 0.5) is 0 Å². The van der Waals surface area contributed by atoms with Crippen LogP contribution in [0.3, 0.4) is 0 Å². The van der Waals surface area contributed by atoms with Crippen LogP contribution in [-0.2, 0) is 28.6 Å². The van der Waals surface area contributed by atoms with Gasteiger partial charge in [-0.15, -0.1) is 0 Å². The highest BCUT2D eigenvalue weighted by atomic mass is 16.6. The monoisotopic (exact) mass is 1010 g/mol. The summed E-state index contributed by atoms with van der Waals surface area (Å²) >= 11 is 0. The fourth-order valence-electron chi connectivity index (χ4n) is 6.90. The van der Waals surface area contributed by atoms with E-state index < -0.39 is 12.1 Å². The Balaban J connectivity index is 4.53. The molecule has 0 bridgehead atoms. The third-order valence-electron chi connectivity index (χ3n) is 11.1. The highest BCUT2D eigenvalue weighted by Crippen LogP contribution is 2.11. The maximum absolute atomic E-state index is 12.8. The molecule has 74 heavy (non-hydrogen) atoms. The number of carbonyl (C=O) groups excluding carboxylic acids is 3. The first-order chi connectivity index (χ1) is 36.5. The van der Waals surface area contributed by atoms with Crippen LogP contribution < -0.4 is 0 Å². The Morgan fingerprint density at radius 3 is 0.919 bits per heavy atom. The van der Waals surface area contributed by atoms with Crippen molar-refractivity contribution in [2.75, 3.05) is 13.2 Å². The summed E-state index contributed by atoms with van der Waals surface area (Å²) in [4.78, 5) is 38.0. The highest BCUT2D eigenvalue weighted by Gasteiger charge is 2.19. The van der Waals surface area contributed by atoms with E-state index in [1.807, 2.05) is 12.2 Å². The molecule has 1 atom stereocenters. The third-order valence-corrected chi connectivity index (χ3v) is 11.1. The molecule has 0 aliphatic carbocycles. The Morgan fingerprint density at radius 2 is 0.554 bits per heavy atom. The molecular formula is C68H102O6. The molecule has 0 aromatic rings. The molecule has 0 aliphatic heterocycles. The van der Waals surface area contributed by atoms with Crippen molar-refractivity contribution < 1.29 is 28.6 Å². The van der Waals surface area contributed by atoms with E-state index in [2.05, 4.69) is 191 Å². The van der Waals surface area contributed by atoms with Crippen molar-refractivity contribution >= 4 is 17.9 Å². The van der Waals surface area contributed by atoms with Crippen molar-refractivity contribution in [1.29, 1.82) is 0 Å². The van der Waals surface area contributed by atoms with Crippen LogP contribution in [0.25, 0.3) is 0 Å². The van der Waals surface area contributed by atoms with Crippen LogP contribution in [-0.4, -0.2) is 37.2 Å². The van der Waals surface area contributed by atoms with Crippen LogP contribution in [0.2, 0.25) is 0 Å². The lowest BCUT2D eigenvalue weighted by atomic mass is 10.1. The minimum absolute atomic E-state index is 0.136. The van der Waals surface area contributed by atoms with E-state index in [4.69, 9.17) is 14.2 Å². The summed E-state index contributed by atoms with van der Waals surface area (Å²) in [5.41, 5.74) is 0. The maximum atomic E-state index is 12.8. The summed E-state index contributed by atoms with van der Waals surface area (Å²) in [6.07, 6.45) is 90.5. The Labute approximate surface area is 453 Å². The molecule has 0 saturated carbocycles. The van der Waals surface area contributed by atoms with Crippen LogP contribution in [0.5, 0.6) is 0 Å². The molecule has 0 spiro atoms. The fraction of sp³-hybridized carbons (Fsp3) is 0.515. The lowest BCUT2D eigenvalue weighted by Crippen LogP contribution is -2.30. The van der Waals surface area contributed by atoms with Gasteiger partial charge in [0.15, 0.2) is 6.10 Å². The molecule has 1 unspecified atom stereocenters. The SMILES string of the molecule is CC/C=C\C/C=C\C/C=C\C/C=C\C/C=C\C/C=C\C/C=C\C/C=C\CCCCC(=O)OCC(COC(=O)CCCCCCC/C=C\CCC)OC(=O)CC/C=C\C/C=C\C/C=C\C/C=C\C/C=C\C/C=C\CC. The molecule has 0 heterocycles.